The van der Waals surface area contributed by atoms with E-state index in [1.165, 1.54) is 4.31 Å². The summed E-state index contributed by atoms with van der Waals surface area (Å²) in [6, 6.07) is 6.14. The Hall–Kier alpha value is -1.44. The van der Waals surface area contributed by atoms with E-state index in [-0.39, 0.29) is 17.3 Å². The lowest BCUT2D eigenvalue weighted by Crippen LogP contribution is -2.43. The molecule has 0 bridgehead atoms. The molecule has 1 aromatic carbocycles. The monoisotopic (exact) mass is 310 g/mol. The van der Waals surface area contributed by atoms with Crippen LogP contribution in [0, 0.1) is 6.92 Å². The molecule has 0 spiro atoms. The molecule has 2 saturated heterocycles. The van der Waals surface area contributed by atoms with Gasteiger partial charge in [-0.25, -0.2) is 8.42 Å². The van der Waals surface area contributed by atoms with Crippen LogP contribution in [0.5, 0.6) is 0 Å². The topological polar surface area (TPSA) is 66.7 Å². The van der Waals surface area contributed by atoms with Crippen LogP contribution in [0.25, 0.3) is 0 Å². The fraction of sp³-hybridized carbons (Fsp3) is 0.500. The molecular weight excluding hydrogens is 292 g/mol. The molecule has 0 aliphatic carbocycles. The summed E-state index contributed by atoms with van der Waals surface area (Å²) in [6.07, 6.45) is 0. The van der Waals surface area contributed by atoms with Crippen LogP contribution in [0.1, 0.15) is 5.56 Å². The Morgan fingerprint density at radius 1 is 1.19 bits per heavy atom. The molecule has 114 valence electrons. The highest BCUT2D eigenvalue weighted by molar-refractivity contribution is 7.89. The van der Waals surface area contributed by atoms with E-state index in [9.17, 15) is 13.2 Å². The standard InChI is InChI=1S/C14H18N2O4S/c1-11-2-4-12(5-3-11)21(18,19)16-10-13(16)14(17)15-6-8-20-9-7-15/h2-5,13H,6-10H2,1H3. The molecule has 2 unspecified atom stereocenters. The van der Waals surface area contributed by atoms with Crippen molar-refractivity contribution in [1.29, 1.82) is 0 Å². The third-order valence-electron chi connectivity index (χ3n) is 3.80. The van der Waals surface area contributed by atoms with Gasteiger partial charge >= 0.3 is 0 Å². The normalized spacial score (nSPS) is 25.7. The number of hydrogen-bond donors (Lipinski definition) is 0. The molecule has 1 aromatic rings. The lowest BCUT2D eigenvalue weighted by molar-refractivity contribution is -0.135. The molecule has 0 aromatic heterocycles. The van der Waals surface area contributed by atoms with Gasteiger partial charge in [0.1, 0.15) is 6.04 Å². The second-order valence-electron chi connectivity index (χ2n) is 5.34. The predicted octanol–water partition coefficient (Wildman–Crippen LogP) is 0.227. The fourth-order valence-corrected chi connectivity index (χ4v) is 3.94. The number of nitrogens with zero attached hydrogens (tertiary/aromatic N) is 2. The molecule has 7 heteroatoms. The van der Waals surface area contributed by atoms with Crippen molar-refractivity contribution in [2.24, 2.45) is 0 Å². The Balaban J connectivity index is 1.71. The Kier molecular flexibility index (Phi) is 3.73. The summed E-state index contributed by atoms with van der Waals surface area (Å²) >= 11 is 0. The van der Waals surface area contributed by atoms with E-state index in [0.29, 0.717) is 26.3 Å². The number of rotatable bonds is 3. The molecule has 6 nitrogen and oxygen atoms in total. The average molecular weight is 310 g/mol. The van der Waals surface area contributed by atoms with Gasteiger partial charge in [0.25, 0.3) is 0 Å². The van der Waals surface area contributed by atoms with Crippen molar-refractivity contribution in [3.8, 4) is 0 Å². The Morgan fingerprint density at radius 3 is 2.43 bits per heavy atom. The van der Waals surface area contributed by atoms with E-state index in [1.807, 2.05) is 6.92 Å². The Bertz CT molecular complexity index is 635. The number of ether oxygens (including phenoxy) is 1. The number of morpholine rings is 1. The third-order valence-corrected chi connectivity index (χ3v) is 5.69. The summed E-state index contributed by atoms with van der Waals surface area (Å²) in [6.45, 7) is 4.28. The predicted molar refractivity (Wildman–Crippen MR) is 76.3 cm³/mol. The highest BCUT2D eigenvalue weighted by Gasteiger charge is 2.50. The molecule has 0 radical (unpaired) electrons. The van der Waals surface area contributed by atoms with E-state index in [4.69, 9.17) is 4.74 Å². The number of amides is 1. The maximum absolute atomic E-state index is 12.4. The SMILES string of the molecule is Cc1ccc(S(=O)(=O)N2CC2C(=O)N2CCOCC2)cc1. The number of carbonyl (C=O) groups excluding carboxylic acids is 1. The second kappa shape index (κ2) is 5.40. The van der Waals surface area contributed by atoms with Gasteiger partial charge in [0.15, 0.2) is 0 Å². The molecular formula is C14H18N2O4S. The maximum atomic E-state index is 12.4. The number of aryl methyl sites for hydroxylation is 1. The summed E-state index contributed by atoms with van der Waals surface area (Å²) in [5, 5.41) is 0. The van der Waals surface area contributed by atoms with Gasteiger partial charge < -0.3 is 9.64 Å². The summed E-state index contributed by atoms with van der Waals surface area (Å²) in [5.41, 5.74) is 1.00. The molecule has 0 saturated carbocycles. The minimum absolute atomic E-state index is 0.117. The van der Waals surface area contributed by atoms with Gasteiger partial charge in [0.2, 0.25) is 15.9 Å². The van der Waals surface area contributed by atoms with E-state index >= 15 is 0 Å². The first-order valence-electron chi connectivity index (χ1n) is 6.95. The third kappa shape index (κ3) is 2.81. The summed E-state index contributed by atoms with van der Waals surface area (Å²) < 4.78 is 31.3. The minimum Gasteiger partial charge on any atom is -0.378 e. The van der Waals surface area contributed by atoms with Crippen molar-refractivity contribution >= 4 is 15.9 Å². The quantitative estimate of drug-likeness (QED) is 0.750. The molecule has 2 fully saturated rings. The highest BCUT2D eigenvalue weighted by Crippen LogP contribution is 2.29. The van der Waals surface area contributed by atoms with Gasteiger partial charge in [-0.1, -0.05) is 17.7 Å². The first-order valence-corrected chi connectivity index (χ1v) is 8.39. The fourth-order valence-electron chi connectivity index (χ4n) is 2.43. The smallest absolute Gasteiger partial charge is 0.243 e. The van der Waals surface area contributed by atoms with Crippen molar-refractivity contribution in [1.82, 2.24) is 9.21 Å². The summed E-state index contributed by atoms with van der Waals surface area (Å²) in [7, 11) is -3.56. The lowest BCUT2D eigenvalue weighted by Gasteiger charge is -2.26. The molecule has 2 heterocycles. The van der Waals surface area contributed by atoms with Gasteiger partial charge in [-0.3, -0.25) is 4.79 Å². The summed E-state index contributed by atoms with van der Waals surface area (Å²) in [4.78, 5) is 14.2. The largest absolute Gasteiger partial charge is 0.378 e. The van der Waals surface area contributed by atoms with Crippen molar-refractivity contribution < 1.29 is 17.9 Å². The number of sulfonamides is 1. The summed E-state index contributed by atoms with van der Waals surface area (Å²) in [5.74, 6) is -0.117. The molecule has 2 atom stereocenters. The Morgan fingerprint density at radius 2 is 1.81 bits per heavy atom. The van der Waals surface area contributed by atoms with Crippen LogP contribution in [0.15, 0.2) is 29.2 Å². The second-order valence-corrected chi connectivity index (χ2v) is 7.23. The van der Waals surface area contributed by atoms with Crippen LogP contribution in [-0.2, 0) is 19.6 Å². The molecule has 3 rings (SSSR count). The van der Waals surface area contributed by atoms with E-state index in [0.717, 1.165) is 5.56 Å². The highest BCUT2D eigenvalue weighted by atomic mass is 32.2. The zero-order chi connectivity index (χ0) is 15.0. The first kappa shape index (κ1) is 14.5. The molecule has 0 N–H and O–H groups in total. The first-order chi connectivity index (χ1) is 10.00. The van der Waals surface area contributed by atoms with Crippen LogP contribution < -0.4 is 0 Å². The van der Waals surface area contributed by atoms with E-state index in [1.54, 1.807) is 29.2 Å². The molecule has 2 aliphatic rings. The van der Waals surface area contributed by atoms with Crippen LogP contribution >= 0.6 is 0 Å². The maximum Gasteiger partial charge on any atom is 0.243 e. The van der Waals surface area contributed by atoms with Crippen molar-refractivity contribution in [2.75, 3.05) is 32.8 Å². The number of carbonyl (C=O) groups is 1. The zero-order valence-corrected chi connectivity index (χ0v) is 12.7. The number of benzene rings is 1. The van der Waals surface area contributed by atoms with E-state index < -0.39 is 16.1 Å². The van der Waals surface area contributed by atoms with Gasteiger partial charge in [-0.2, -0.15) is 4.31 Å². The minimum atomic E-state index is -3.56. The van der Waals surface area contributed by atoms with Crippen molar-refractivity contribution in [2.45, 2.75) is 17.9 Å². The van der Waals surface area contributed by atoms with Crippen molar-refractivity contribution in [3.63, 3.8) is 0 Å². The van der Waals surface area contributed by atoms with Gasteiger partial charge in [0, 0.05) is 19.6 Å². The van der Waals surface area contributed by atoms with E-state index in [2.05, 4.69) is 0 Å². The molecule has 2 aliphatic heterocycles. The van der Waals surface area contributed by atoms with Crippen molar-refractivity contribution in [3.05, 3.63) is 29.8 Å². The lowest BCUT2D eigenvalue weighted by atomic mass is 10.2. The van der Waals surface area contributed by atoms with Gasteiger partial charge in [-0.05, 0) is 19.1 Å². The van der Waals surface area contributed by atoms with Crippen LogP contribution in [0.3, 0.4) is 0 Å². The molecule has 1 amide bonds. The average Bonchev–Trinajstić information content (AvgIpc) is 3.29. The Labute approximate surface area is 124 Å². The number of hydrogen-bond acceptors (Lipinski definition) is 4. The van der Waals surface area contributed by atoms with Gasteiger partial charge in [-0.15, -0.1) is 0 Å². The van der Waals surface area contributed by atoms with Crippen LogP contribution in [0.4, 0.5) is 0 Å². The van der Waals surface area contributed by atoms with Crippen LogP contribution in [-0.4, -0.2) is 62.4 Å². The molecule has 21 heavy (non-hydrogen) atoms. The van der Waals surface area contributed by atoms with Crippen LogP contribution in [0.2, 0.25) is 0 Å². The zero-order valence-electron chi connectivity index (χ0n) is 11.9. The van der Waals surface area contributed by atoms with Gasteiger partial charge in [0.05, 0.1) is 18.1 Å².